The van der Waals surface area contributed by atoms with Crippen molar-refractivity contribution in [2.24, 2.45) is 22.7 Å². The Bertz CT molecular complexity index is 826. The van der Waals surface area contributed by atoms with Crippen LogP contribution in [0.1, 0.15) is 80.6 Å². The lowest BCUT2D eigenvalue weighted by Crippen LogP contribution is -2.61. The Morgan fingerprint density at radius 1 is 1.12 bits per heavy atom. The Morgan fingerprint density at radius 3 is 2.06 bits per heavy atom. The van der Waals surface area contributed by atoms with Gasteiger partial charge in [0.2, 0.25) is 0 Å². The summed E-state index contributed by atoms with van der Waals surface area (Å²) in [6.45, 7) is 5.31. The van der Waals surface area contributed by atoms with Crippen molar-refractivity contribution in [1.82, 2.24) is 0 Å². The highest BCUT2D eigenvalue weighted by Gasteiger charge is 2.64. The maximum Gasteiger partial charge on any atom is 0.399 e. The van der Waals surface area contributed by atoms with E-state index in [0.29, 0.717) is 19.3 Å². The molecule has 4 aliphatic rings. The van der Waals surface area contributed by atoms with Gasteiger partial charge in [-0.05, 0) is 64.2 Å². The van der Waals surface area contributed by atoms with Gasteiger partial charge in [0.15, 0.2) is 10.1 Å². The van der Waals surface area contributed by atoms with Crippen LogP contribution >= 0.6 is 0 Å². The number of alkyl halides is 3. The summed E-state index contributed by atoms with van der Waals surface area (Å²) in [4.78, 5) is 25.4. The zero-order valence-electron chi connectivity index (χ0n) is 17.1. The highest BCUT2D eigenvalue weighted by Crippen LogP contribution is 2.63. The van der Waals surface area contributed by atoms with Crippen molar-refractivity contribution in [2.75, 3.05) is 0 Å². The van der Waals surface area contributed by atoms with Crippen LogP contribution in [-0.2, 0) is 29.2 Å². The smallest absolute Gasteiger partial charge is 0.399 e. The predicted molar refractivity (Wildman–Crippen MR) is 109 cm³/mol. The van der Waals surface area contributed by atoms with Crippen molar-refractivity contribution in [1.29, 1.82) is 0 Å². The molecule has 11 heteroatoms. The molecule has 4 fully saturated rings. The summed E-state index contributed by atoms with van der Waals surface area (Å²) < 4.78 is 82.7. The summed E-state index contributed by atoms with van der Waals surface area (Å²) in [7, 11) is -6.36. The molecule has 0 amide bonds. The molecule has 0 N–H and O–H groups in total. The van der Waals surface area contributed by atoms with Gasteiger partial charge in [0, 0.05) is 6.42 Å². The lowest BCUT2D eigenvalue weighted by molar-refractivity contribution is -0.230. The van der Waals surface area contributed by atoms with Crippen LogP contribution in [0.25, 0.3) is 0 Å². The third kappa shape index (κ3) is 4.78. The molecule has 4 bridgehead atoms. The number of ether oxygens (including phenoxy) is 2. The predicted octanol–water partition coefficient (Wildman–Crippen LogP) is 4.55. The molecule has 32 heavy (non-hydrogen) atoms. The normalized spacial score (nSPS) is 32.3. The van der Waals surface area contributed by atoms with E-state index >= 15 is 0 Å². The van der Waals surface area contributed by atoms with Crippen molar-refractivity contribution in [3.8, 4) is 0 Å². The Morgan fingerprint density at radius 2 is 1.62 bits per heavy atom. The van der Waals surface area contributed by atoms with E-state index in [1.807, 2.05) is 6.92 Å². The monoisotopic (exact) mass is 487 g/mol. The molecule has 4 saturated carbocycles. The number of hydrogen-bond donors (Lipinski definition) is 0. The van der Waals surface area contributed by atoms with Crippen molar-refractivity contribution >= 4 is 22.1 Å². The van der Waals surface area contributed by atoms with Crippen LogP contribution in [-0.4, -0.2) is 42.1 Å². The van der Waals surface area contributed by atoms with Gasteiger partial charge in [-0.3, -0.25) is 9.59 Å². The number of hydrogen-bond acceptors (Lipinski definition) is 7. The molecule has 0 spiro atoms. The number of carbonyl (C=O) groups is 2. The first kappa shape index (κ1) is 28.7. The first-order valence-electron chi connectivity index (χ1n) is 9.98. The fraction of sp³-hybridized carbons (Fsp3) is 0.905. The molecular formula is C21H34F3O7S-. The Hall–Kier alpha value is -1.36. The van der Waals surface area contributed by atoms with Gasteiger partial charge in [0.25, 0.3) is 0 Å². The van der Waals surface area contributed by atoms with E-state index < -0.39 is 50.1 Å². The second-order valence-corrected chi connectivity index (χ2v) is 11.2. The molecule has 0 heterocycles. The van der Waals surface area contributed by atoms with Crippen molar-refractivity contribution < 1.29 is 45.2 Å². The molecule has 4 rings (SSSR count). The lowest BCUT2D eigenvalue weighted by atomic mass is 9.48. The van der Waals surface area contributed by atoms with E-state index in [1.54, 1.807) is 13.8 Å². The zero-order valence-corrected chi connectivity index (χ0v) is 17.9. The van der Waals surface area contributed by atoms with Gasteiger partial charge >= 0.3 is 23.6 Å². The minimum atomic E-state index is -6.36. The van der Waals surface area contributed by atoms with Crippen LogP contribution in [0.5, 0.6) is 0 Å². The second kappa shape index (κ2) is 8.77. The summed E-state index contributed by atoms with van der Waals surface area (Å²) in [6.07, 6.45) is -1.05. The number of carbonyl (C=O) groups excluding carboxylic acids is 2. The van der Waals surface area contributed by atoms with E-state index in [-0.39, 0.29) is 46.0 Å². The maximum absolute atomic E-state index is 13.9. The molecular weight excluding hydrogens is 453 g/mol. The van der Waals surface area contributed by atoms with E-state index in [0.717, 1.165) is 6.42 Å². The summed E-state index contributed by atoms with van der Waals surface area (Å²) >= 11 is 0. The Balaban J connectivity index is 0.00000256. The molecule has 0 aliphatic heterocycles. The van der Waals surface area contributed by atoms with Crippen LogP contribution in [0, 0.1) is 22.7 Å². The minimum Gasteiger partial charge on any atom is -0.743 e. The SMILES string of the molecule is C.C.CCC(C)(C)C(=O)OC12CC3CC(C1)CC(C(=O)OC(F)C(F)(F)S(=O)(=O)[O-])(C3)C2. The topological polar surface area (TPSA) is 110 Å². The fourth-order valence-electron chi connectivity index (χ4n) is 5.42. The number of rotatable bonds is 7. The quantitative estimate of drug-likeness (QED) is 0.383. The molecule has 0 saturated heterocycles. The molecule has 0 aromatic carbocycles. The Labute approximate surface area is 188 Å². The summed E-state index contributed by atoms with van der Waals surface area (Å²) in [6, 6.07) is 0. The van der Waals surface area contributed by atoms with Gasteiger partial charge in [-0.2, -0.15) is 13.2 Å². The van der Waals surface area contributed by atoms with E-state index in [4.69, 9.17) is 4.74 Å². The molecule has 3 atom stereocenters. The van der Waals surface area contributed by atoms with Gasteiger partial charge in [0.1, 0.15) is 5.60 Å². The molecule has 0 radical (unpaired) electrons. The first-order chi connectivity index (χ1) is 13.6. The standard InChI is InChI=1S/C19H27F3O7S.2CH4/c1-4-16(2,3)14(23)29-18-8-11-5-12(9-18)7-17(6-11,10-18)15(24)28-13(20)19(21,22)30(25,26)27;;/h11-13H,4-10H2,1-3H3,(H,25,26,27);2*1H4/p-1. The summed E-state index contributed by atoms with van der Waals surface area (Å²) in [5, 5.41) is -5.39. The molecule has 3 unspecified atom stereocenters. The van der Waals surface area contributed by atoms with Crippen molar-refractivity contribution in [3.05, 3.63) is 0 Å². The third-order valence-electron chi connectivity index (χ3n) is 6.99. The average Bonchev–Trinajstić information content (AvgIpc) is 2.58. The molecule has 188 valence electrons. The van der Waals surface area contributed by atoms with Crippen LogP contribution in [0.15, 0.2) is 0 Å². The zero-order chi connectivity index (χ0) is 22.8. The highest BCUT2D eigenvalue weighted by atomic mass is 32.2. The second-order valence-electron chi connectivity index (χ2n) is 9.79. The van der Waals surface area contributed by atoms with E-state index in [9.17, 15) is 35.7 Å². The largest absolute Gasteiger partial charge is 0.743 e. The fourth-order valence-corrected chi connectivity index (χ4v) is 5.69. The number of esters is 2. The van der Waals surface area contributed by atoms with Crippen LogP contribution in [0.4, 0.5) is 13.2 Å². The van der Waals surface area contributed by atoms with Gasteiger partial charge < -0.3 is 14.0 Å². The number of halogens is 3. The summed E-state index contributed by atoms with van der Waals surface area (Å²) in [5.41, 5.74) is -3.06. The molecule has 0 aromatic rings. The first-order valence-corrected chi connectivity index (χ1v) is 11.4. The third-order valence-corrected chi connectivity index (χ3v) is 7.85. The van der Waals surface area contributed by atoms with Crippen molar-refractivity contribution in [3.63, 3.8) is 0 Å². The van der Waals surface area contributed by atoms with Gasteiger partial charge in [-0.25, -0.2) is 8.42 Å². The van der Waals surface area contributed by atoms with Crippen LogP contribution in [0.2, 0.25) is 0 Å². The molecule has 4 aliphatic carbocycles. The van der Waals surface area contributed by atoms with Gasteiger partial charge in [-0.15, -0.1) is 0 Å². The molecule has 7 nitrogen and oxygen atoms in total. The van der Waals surface area contributed by atoms with Crippen molar-refractivity contribution in [2.45, 2.75) is 97.8 Å². The highest BCUT2D eigenvalue weighted by molar-refractivity contribution is 7.86. The van der Waals surface area contributed by atoms with E-state index in [2.05, 4.69) is 4.74 Å². The minimum absolute atomic E-state index is 0. The molecule has 0 aromatic heterocycles. The Kier molecular flexibility index (Phi) is 7.86. The van der Waals surface area contributed by atoms with Gasteiger partial charge in [0.05, 0.1) is 10.8 Å². The average molecular weight is 488 g/mol. The lowest BCUT2D eigenvalue weighted by Gasteiger charge is -2.60. The maximum atomic E-state index is 13.9. The van der Waals surface area contributed by atoms with Crippen LogP contribution in [0.3, 0.4) is 0 Å². The van der Waals surface area contributed by atoms with E-state index in [1.165, 1.54) is 0 Å². The van der Waals surface area contributed by atoms with Crippen LogP contribution < -0.4 is 0 Å². The summed E-state index contributed by atoms with van der Waals surface area (Å²) in [5.74, 6) is -1.80. The van der Waals surface area contributed by atoms with Gasteiger partial charge in [-0.1, -0.05) is 21.8 Å².